The zero-order valence-corrected chi connectivity index (χ0v) is 10.6. The predicted molar refractivity (Wildman–Crippen MR) is 70.8 cm³/mol. The number of nitrogens with two attached hydrogens (primary N) is 1. The molecular weight excluding hydrogens is 220 g/mol. The maximum Gasteiger partial charge on any atom is 0.154 e. The molecule has 1 aromatic rings. The first-order valence-corrected chi connectivity index (χ1v) is 6.18. The highest BCUT2D eigenvalue weighted by molar-refractivity contribution is 8.13. The molecule has 0 aromatic heterocycles. The van der Waals surface area contributed by atoms with Crippen LogP contribution in [0, 0.1) is 6.92 Å². The van der Waals surface area contributed by atoms with Crippen molar-refractivity contribution in [3.05, 3.63) is 35.4 Å². The molecule has 0 amide bonds. The Labute approximate surface area is 101 Å². The normalized spacial score (nSPS) is 11.8. The lowest BCUT2D eigenvalue weighted by Gasteiger charge is -2.04. The first-order chi connectivity index (χ1) is 7.74. The lowest BCUT2D eigenvalue weighted by Crippen LogP contribution is -2.09. The van der Waals surface area contributed by atoms with Gasteiger partial charge < -0.3 is 10.5 Å². The number of rotatable bonds is 5. The fraction of sp³-hybridized carbons (Fsp3) is 0.417. The quantitative estimate of drug-likeness (QED) is 0.486. The number of hydrogen-bond acceptors (Lipinski definition) is 3. The lowest BCUT2D eigenvalue weighted by molar-refractivity contribution is 0.208. The Morgan fingerprint density at radius 3 is 2.88 bits per heavy atom. The number of aryl methyl sites for hydroxylation is 1. The molecule has 16 heavy (non-hydrogen) atoms. The second kappa shape index (κ2) is 7.30. The largest absolute Gasteiger partial charge is 0.383 e. The van der Waals surface area contributed by atoms with Gasteiger partial charge in [0.2, 0.25) is 0 Å². The van der Waals surface area contributed by atoms with E-state index in [4.69, 9.17) is 10.5 Å². The molecule has 4 heteroatoms. The van der Waals surface area contributed by atoms with Crippen LogP contribution in [0.3, 0.4) is 0 Å². The van der Waals surface area contributed by atoms with Crippen molar-refractivity contribution in [1.82, 2.24) is 0 Å². The van der Waals surface area contributed by atoms with Crippen LogP contribution in [0.25, 0.3) is 0 Å². The Balaban J connectivity index is 2.40. The molecule has 0 saturated carbocycles. The van der Waals surface area contributed by atoms with Gasteiger partial charge in [-0.2, -0.15) is 0 Å². The SMILES string of the molecule is COCCN=C(N)SCc1ccccc1C. The van der Waals surface area contributed by atoms with Crippen LogP contribution in [0.15, 0.2) is 29.3 Å². The molecule has 0 radical (unpaired) electrons. The molecule has 1 aromatic carbocycles. The number of ether oxygens (including phenoxy) is 1. The molecule has 0 aliphatic rings. The van der Waals surface area contributed by atoms with E-state index in [1.807, 2.05) is 12.1 Å². The maximum absolute atomic E-state index is 5.77. The summed E-state index contributed by atoms with van der Waals surface area (Å²) in [5, 5.41) is 0.625. The average molecular weight is 238 g/mol. The van der Waals surface area contributed by atoms with Gasteiger partial charge in [-0.1, -0.05) is 36.0 Å². The number of hydrogen-bond donors (Lipinski definition) is 1. The van der Waals surface area contributed by atoms with Crippen LogP contribution < -0.4 is 5.73 Å². The molecule has 0 saturated heterocycles. The third-order valence-corrected chi connectivity index (χ3v) is 3.08. The zero-order chi connectivity index (χ0) is 11.8. The topological polar surface area (TPSA) is 47.6 Å². The van der Waals surface area contributed by atoms with Crippen molar-refractivity contribution in [2.75, 3.05) is 20.3 Å². The van der Waals surface area contributed by atoms with Crippen molar-refractivity contribution in [3.63, 3.8) is 0 Å². The van der Waals surface area contributed by atoms with Crippen LogP contribution in [0.1, 0.15) is 11.1 Å². The van der Waals surface area contributed by atoms with Gasteiger partial charge in [0.15, 0.2) is 5.17 Å². The minimum atomic E-state index is 0.617. The van der Waals surface area contributed by atoms with Gasteiger partial charge in [0.25, 0.3) is 0 Å². The first-order valence-electron chi connectivity index (χ1n) is 5.20. The number of methoxy groups -OCH3 is 1. The zero-order valence-electron chi connectivity index (χ0n) is 9.77. The van der Waals surface area contributed by atoms with Gasteiger partial charge in [-0.25, -0.2) is 0 Å². The van der Waals surface area contributed by atoms with Crippen LogP contribution in [0.2, 0.25) is 0 Å². The summed E-state index contributed by atoms with van der Waals surface area (Å²) in [4.78, 5) is 4.19. The fourth-order valence-corrected chi connectivity index (χ4v) is 2.03. The summed E-state index contributed by atoms with van der Waals surface area (Å²) in [5.41, 5.74) is 8.36. The van der Waals surface area contributed by atoms with Crippen molar-refractivity contribution in [2.24, 2.45) is 10.7 Å². The molecule has 3 nitrogen and oxygen atoms in total. The summed E-state index contributed by atoms with van der Waals surface area (Å²) in [6, 6.07) is 8.31. The van der Waals surface area contributed by atoms with E-state index in [2.05, 4.69) is 24.0 Å². The molecule has 0 aliphatic carbocycles. The smallest absolute Gasteiger partial charge is 0.154 e. The van der Waals surface area contributed by atoms with E-state index in [1.54, 1.807) is 18.9 Å². The van der Waals surface area contributed by atoms with Crippen molar-refractivity contribution in [1.29, 1.82) is 0 Å². The minimum Gasteiger partial charge on any atom is -0.383 e. The van der Waals surface area contributed by atoms with Gasteiger partial charge in [0.05, 0.1) is 13.2 Å². The standard InChI is InChI=1S/C12H18N2OS/c1-10-5-3-4-6-11(10)9-16-12(13)14-7-8-15-2/h3-6H,7-9H2,1-2H3,(H2,13,14). The summed E-state index contributed by atoms with van der Waals surface area (Å²) in [7, 11) is 1.66. The van der Waals surface area contributed by atoms with Gasteiger partial charge in [0, 0.05) is 12.9 Å². The predicted octanol–water partition coefficient (Wildman–Crippen LogP) is 2.19. The van der Waals surface area contributed by atoms with E-state index in [0.29, 0.717) is 18.3 Å². The van der Waals surface area contributed by atoms with Crippen LogP contribution in [-0.2, 0) is 10.5 Å². The van der Waals surface area contributed by atoms with Gasteiger partial charge >= 0.3 is 0 Å². The summed E-state index contributed by atoms with van der Waals surface area (Å²) in [6.07, 6.45) is 0. The molecule has 0 fully saturated rings. The Morgan fingerprint density at radius 1 is 1.44 bits per heavy atom. The van der Waals surface area contributed by atoms with Crippen molar-refractivity contribution in [2.45, 2.75) is 12.7 Å². The summed E-state index contributed by atoms with van der Waals surface area (Å²) in [6.45, 7) is 3.35. The van der Waals surface area contributed by atoms with Crippen LogP contribution >= 0.6 is 11.8 Å². The van der Waals surface area contributed by atoms with E-state index >= 15 is 0 Å². The molecule has 2 N–H and O–H groups in total. The number of nitrogens with zero attached hydrogens (tertiary/aromatic N) is 1. The van der Waals surface area contributed by atoms with Crippen molar-refractivity contribution < 1.29 is 4.74 Å². The van der Waals surface area contributed by atoms with Crippen LogP contribution in [-0.4, -0.2) is 25.4 Å². The van der Waals surface area contributed by atoms with Crippen molar-refractivity contribution >= 4 is 16.9 Å². The van der Waals surface area contributed by atoms with E-state index in [1.165, 1.54) is 11.1 Å². The Morgan fingerprint density at radius 2 is 2.19 bits per heavy atom. The second-order valence-corrected chi connectivity index (χ2v) is 4.42. The highest BCUT2D eigenvalue weighted by Crippen LogP contribution is 2.15. The molecule has 0 unspecified atom stereocenters. The third-order valence-electron chi connectivity index (χ3n) is 2.20. The Hall–Kier alpha value is -1.00. The molecular formula is C12H18N2OS. The molecule has 0 bridgehead atoms. The minimum absolute atomic E-state index is 0.617. The third kappa shape index (κ3) is 4.68. The molecule has 88 valence electrons. The number of amidine groups is 1. The van der Waals surface area contributed by atoms with E-state index in [0.717, 1.165) is 5.75 Å². The number of aliphatic imine (C=N–C) groups is 1. The van der Waals surface area contributed by atoms with Gasteiger partial charge in [-0.3, -0.25) is 4.99 Å². The number of thioether (sulfide) groups is 1. The molecule has 0 spiro atoms. The Bertz CT molecular complexity index is 353. The highest BCUT2D eigenvalue weighted by Gasteiger charge is 1.99. The monoisotopic (exact) mass is 238 g/mol. The van der Waals surface area contributed by atoms with E-state index < -0.39 is 0 Å². The Kier molecular flexibility index (Phi) is 5.96. The molecule has 0 atom stereocenters. The molecule has 1 rings (SSSR count). The van der Waals surface area contributed by atoms with Gasteiger partial charge in [-0.15, -0.1) is 0 Å². The summed E-state index contributed by atoms with van der Waals surface area (Å²) >= 11 is 1.57. The van der Waals surface area contributed by atoms with Gasteiger partial charge in [-0.05, 0) is 18.1 Å². The lowest BCUT2D eigenvalue weighted by atomic mass is 10.1. The number of benzene rings is 1. The van der Waals surface area contributed by atoms with Crippen LogP contribution in [0.4, 0.5) is 0 Å². The van der Waals surface area contributed by atoms with Crippen LogP contribution in [0.5, 0.6) is 0 Å². The van der Waals surface area contributed by atoms with E-state index in [-0.39, 0.29) is 0 Å². The fourth-order valence-electron chi connectivity index (χ4n) is 1.22. The second-order valence-electron chi connectivity index (χ2n) is 3.43. The van der Waals surface area contributed by atoms with E-state index in [9.17, 15) is 0 Å². The van der Waals surface area contributed by atoms with Crippen molar-refractivity contribution in [3.8, 4) is 0 Å². The first kappa shape index (κ1) is 13.1. The maximum atomic E-state index is 5.77. The molecule has 0 heterocycles. The molecule has 0 aliphatic heterocycles. The highest BCUT2D eigenvalue weighted by atomic mass is 32.2. The van der Waals surface area contributed by atoms with Gasteiger partial charge in [0.1, 0.15) is 0 Å². The average Bonchev–Trinajstić information content (AvgIpc) is 2.28. The summed E-state index contributed by atoms with van der Waals surface area (Å²) in [5.74, 6) is 0.870. The summed E-state index contributed by atoms with van der Waals surface area (Å²) < 4.78 is 4.90.